The van der Waals surface area contributed by atoms with Crippen LogP contribution < -0.4 is 0 Å². The standard InChI is InChI=1S/C9H16O2/c1-6-3-4-8(9(10)11)5-7(6)2/h6-8H,3-5H2,1-2H3,(H,10,11). The molecule has 1 rings (SSSR count). The van der Waals surface area contributed by atoms with E-state index in [0.29, 0.717) is 11.8 Å². The second-order valence-corrected chi connectivity index (χ2v) is 3.80. The molecule has 2 nitrogen and oxygen atoms in total. The zero-order valence-electron chi connectivity index (χ0n) is 7.21. The van der Waals surface area contributed by atoms with Crippen LogP contribution in [0.25, 0.3) is 0 Å². The highest BCUT2D eigenvalue weighted by molar-refractivity contribution is 5.70. The molecule has 0 bridgehead atoms. The van der Waals surface area contributed by atoms with E-state index in [2.05, 4.69) is 13.8 Å². The predicted molar refractivity (Wildman–Crippen MR) is 43.3 cm³/mol. The van der Waals surface area contributed by atoms with Gasteiger partial charge < -0.3 is 5.11 Å². The number of carboxylic acids is 1. The van der Waals surface area contributed by atoms with Gasteiger partial charge >= 0.3 is 5.97 Å². The number of carbonyl (C=O) groups is 1. The SMILES string of the molecule is CC1CCC(C(=O)O)CC1C. The van der Waals surface area contributed by atoms with Crippen LogP contribution in [0.2, 0.25) is 0 Å². The molecule has 3 atom stereocenters. The van der Waals surface area contributed by atoms with Gasteiger partial charge in [-0.1, -0.05) is 13.8 Å². The van der Waals surface area contributed by atoms with E-state index >= 15 is 0 Å². The molecule has 0 saturated heterocycles. The van der Waals surface area contributed by atoms with Crippen molar-refractivity contribution in [2.24, 2.45) is 17.8 Å². The molecule has 11 heavy (non-hydrogen) atoms. The van der Waals surface area contributed by atoms with Crippen molar-refractivity contribution in [2.75, 3.05) is 0 Å². The zero-order valence-corrected chi connectivity index (χ0v) is 7.21. The second kappa shape index (κ2) is 3.24. The third-order valence-corrected chi connectivity index (χ3v) is 2.95. The Bertz CT molecular complexity index is 154. The first kappa shape index (κ1) is 8.57. The Morgan fingerprint density at radius 3 is 2.36 bits per heavy atom. The molecule has 0 aromatic heterocycles. The van der Waals surface area contributed by atoms with Gasteiger partial charge in [0, 0.05) is 0 Å². The quantitative estimate of drug-likeness (QED) is 0.631. The predicted octanol–water partition coefficient (Wildman–Crippen LogP) is 2.14. The maximum atomic E-state index is 10.6. The van der Waals surface area contributed by atoms with Gasteiger partial charge in [0.25, 0.3) is 0 Å². The van der Waals surface area contributed by atoms with Crippen molar-refractivity contribution in [1.29, 1.82) is 0 Å². The Labute approximate surface area is 67.6 Å². The van der Waals surface area contributed by atoms with E-state index < -0.39 is 5.97 Å². The number of hydrogen-bond acceptors (Lipinski definition) is 1. The summed E-state index contributed by atoms with van der Waals surface area (Å²) in [6, 6.07) is 0. The van der Waals surface area contributed by atoms with Crippen LogP contribution in [0.3, 0.4) is 0 Å². The molecule has 0 aliphatic heterocycles. The molecule has 1 fully saturated rings. The molecule has 1 saturated carbocycles. The molecular formula is C9H16O2. The Morgan fingerprint density at radius 1 is 1.27 bits per heavy atom. The minimum absolute atomic E-state index is 0.0683. The van der Waals surface area contributed by atoms with Crippen LogP contribution in [0.15, 0.2) is 0 Å². The normalized spacial score (nSPS) is 38.5. The van der Waals surface area contributed by atoms with Gasteiger partial charge in [-0.3, -0.25) is 4.79 Å². The van der Waals surface area contributed by atoms with E-state index in [9.17, 15) is 4.79 Å². The van der Waals surface area contributed by atoms with Crippen molar-refractivity contribution in [1.82, 2.24) is 0 Å². The van der Waals surface area contributed by atoms with Crippen LogP contribution in [0.5, 0.6) is 0 Å². The minimum Gasteiger partial charge on any atom is -0.481 e. The molecule has 0 radical (unpaired) electrons. The second-order valence-electron chi connectivity index (χ2n) is 3.80. The molecule has 0 heterocycles. The van der Waals surface area contributed by atoms with E-state index in [0.717, 1.165) is 19.3 Å². The summed E-state index contributed by atoms with van der Waals surface area (Å²) < 4.78 is 0. The molecule has 1 N–H and O–H groups in total. The summed E-state index contributed by atoms with van der Waals surface area (Å²) >= 11 is 0. The number of carboxylic acid groups (broad SMARTS) is 1. The fourth-order valence-electron chi connectivity index (χ4n) is 1.77. The molecule has 64 valence electrons. The third kappa shape index (κ3) is 1.95. The van der Waals surface area contributed by atoms with Crippen LogP contribution in [0.4, 0.5) is 0 Å². The van der Waals surface area contributed by atoms with Crippen LogP contribution in [-0.4, -0.2) is 11.1 Å². The van der Waals surface area contributed by atoms with Gasteiger partial charge in [0.1, 0.15) is 0 Å². The Balaban J connectivity index is 2.46. The highest BCUT2D eigenvalue weighted by atomic mass is 16.4. The van der Waals surface area contributed by atoms with Crippen molar-refractivity contribution in [3.05, 3.63) is 0 Å². The molecule has 2 heteroatoms. The monoisotopic (exact) mass is 156 g/mol. The third-order valence-electron chi connectivity index (χ3n) is 2.95. The largest absolute Gasteiger partial charge is 0.481 e. The first-order valence-corrected chi connectivity index (χ1v) is 4.34. The van der Waals surface area contributed by atoms with E-state index in [4.69, 9.17) is 5.11 Å². The van der Waals surface area contributed by atoms with E-state index in [1.54, 1.807) is 0 Å². The molecule has 1 aliphatic rings. The maximum Gasteiger partial charge on any atom is 0.306 e. The molecule has 0 amide bonds. The van der Waals surface area contributed by atoms with Gasteiger partial charge in [-0.25, -0.2) is 0 Å². The smallest absolute Gasteiger partial charge is 0.306 e. The van der Waals surface area contributed by atoms with Gasteiger partial charge in [-0.05, 0) is 31.1 Å². The van der Waals surface area contributed by atoms with Crippen LogP contribution in [0.1, 0.15) is 33.1 Å². The molecule has 1 aliphatic carbocycles. The minimum atomic E-state index is -0.608. The number of hydrogen-bond donors (Lipinski definition) is 1. The lowest BCUT2D eigenvalue weighted by Crippen LogP contribution is -2.25. The van der Waals surface area contributed by atoms with Crippen molar-refractivity contribution in [3.63, 3.8) is 0 Å². The highest BCUT2D eigenvalue weighted by Gasteiger charge is 2.28. The number of aliphatic carboxylic acids is 1. The van der Waals surface area contributed by atoms with Crippen LogP contribution in [0, 0.1) is 17.8 Å². The summed E-state index contributed by atoms with van der Waals surface area (Å²) in [6.45, 7) is 4.36. The summed E-state index contributed by atoms with van der Waals surface area (Å²) in [4.78, 5) is 10.6. The van der Waals surface area contributed by atoms with Crippen molar-refractivity contribution >= 4 is 5.97 Å². The Hall–Kier alpha value is -0.530. The Morgan fingerprint density at radius 2 is 1.91 bits per heavy atom. The van der Waals surface area contributed by atoms with Gasteiger partial charge in [0.05, 0.1) is 5.92 Å². The summed E-state index contributed by atoms with van der Waals surface area (Å²) in [5.74, 6) is 0.625. The van der Waals surface area contributed by atoms with E-state index in [-0.39, 0.29) is 5.92 Å². The van der Waals surface area contributed by atoms with Gasteiger partial charge in [-0.15, -0.1) is 0 Å². The van der Waals surface area contributed by atoms with E-state index in [1.165, 1.54) is 0 Å². The van der Waals surface area contributed by atoms with Crippen molar-refractivity contribution in [3.8, 4) is 0 Å². The molecular weight excluding hydrogens is 140 g/mol. The molecule has 3 unspecified atom stereocenters. The summed E-state index contributed by atoms with van der Waals surface area (Å²) in [7, 11) is 0. The molecule has 0 aromatic rings. The van der Waals surface area contributed by atoms with Crippen LogP contribution >= 0.6 is 0 Å². The van der Waals surface area contributed by atoms with E-state index in [1.807, 2.05) is 0 Å². The lowest BCUT2D eigenvalue weighted by molar-refractivity contribution is -0.143. The average molecular weight is 156 g/mol. The first-order chi connectivity index (χ1) is 5.11. The first-order valence-electron chi connectivity index (χ1n) is 4.34. The van der Waals surface area contributed by atoms with Gasteiger partial charge in [-0.2, -0.15) is 0 Å². The molecule has 0 aromatic carbocycles. The lowest BCUT2D eigenvalue weighted by atomic mass is 9.76. The summed E-state index contributed by atoms with van der Waals surface area (Å²) in [6.07, 6.45) is 2.83. The summed E-state index contributed by atoms with van der Waals surface area (Å²) in [5.41, 5.74) is 0. The Kier molecular flexibility index (Phi) is 2.53. The zero-order chi connectivity index (χ0) is 8.43. The maximum absolute atomic E-state index is 10.6. The topological polar surface area (TPSA) is 37.3 Å². The number of rotatable bonds is 1. The molecule has 0 spiro atoms. The lowest BCUT2D eigenvalue weighted by Gasteiger charge is -2.29. The highest BCUT2D eigenvalue weighted by Crippen LogP contribution is 2.33. The van der Waals surface area contributed by atoms with Gasteiger partial charge in [0.2, 0.25) is 0 Å². The average Bonchev–Trinajstić information content (AvgIpc) is 1.94. The fraction of sp³-hybridized carbons (Fsp3) is 0.889. The van der Waals surface area contributed by atoms with Crippen LogP contribution in [-0.2, 0) is 4.79 Å². The van der Waals surface area contributed by atoms with Crippen molar-refractivity contribution < 1.29 is 9.90 Å². The summed E-state index contributed by atoms with van der Waals surface area (Å²) in [5, 5.41) is 8.74. The van der Waals surface area contributed by atoms with Gasteiger partial charge in [0.15, 0.2) is 0 Å². The fourth-order valence-corrected chi connectivity index (χ4v) is 1.77. The van der Waals surface area contributed by atoms with Crippen molar-refractivity contribution in [2.45, 2.75) is 33.1 Å².